The first-order chi connectivity index (χ1) is 12.7. The number of rotatable bonds is 7. The molecule has 0 atom stereocenters. The first-order valence-corrected chi connectivity index (χ1v) is 7.80. The first-order valence-electron chi connectivity index (χ1n) is 7.80. The van der Waals surface area contributed by atoms with Crippen LogP contribution in [0.3, 0.4) is 0 Å². The smallest absolute Gasteiger partial charge is 0.271 e. The van der Waals surface area contributed by atoms with Crippen molar-refractivity contribution in [1.29, 1.82) is 0 Å². The number of H-pyrrole nitrogens is 1. The zero-order chi connectivity index (χ0) is 18.2. The number of aromatic nitrogens is 3. The number of nitrogens with zero attached hydrogens (tertiary/aromatic N) is 3. The van der Waals surface area contributed by atoms with E-state index in [1.165, 1.54) is 0 Å². The van der Waals surface area contributed by atoms with E-state index in [1.54, 1.807) is 19.4 Å². The second-order valence-electron chi connectivity index (χ2n) is 5.24. The third kappa shape index (κ3) is 4.67. The number of methoxy groups -OCH3 is 1. The van der Waals surface area contributed by atoms with Gasteiger partial charge in [0.2, 0.25) is 5.95 Å². The van der Waals surface area contributed by atoms with Gasteiger partial charge in [-0.25, -0.2) is 5.43 Å². The molecule has 0 spiro atoms. The predicted octanol–water partition coefficient (Wildman–Crippen LogP) is 2.20. The van der Waals surface area contributed by atoms with Crippen LogP contribution in [0.5, 0.6) is 11.5 Å². The lowest BCUT2D eigenvalue weighted by molar-refractivity contribution is 0.284. The highest BCUT2D eigenvalue weighted by atomic mass is 16.5. The van der Waals surface area contributed by atoms with Gasteiger partial charge < -0.3 is 9.47 Å². The topological polar surface area (TPSA) is 101 Å². The molecule has 132 valence electrons. The number of hydrogen-bond donors (Lipinski definition) is 2. The number of hydrogen-bond acceptors (Lipinski definition) is 7. The quantitative estimate of drug-likeness (QED) is 0.500. The molecule has 3 rings (SSSR count). The molecule has 26 heavy (non-hydrogen) atoms. The Morgan fingerprint density at radius 1 is 1.19 bits per heavy atom. The first kappa shape index (κ1) is 17.2. The van der Waals surface area contributed by atoms with E-state index < -0.39 is 0 Å². The number of nitrogens with one attached hydrogen (secondary N) is 2. The monoisotopic (exact) mass is 351 g/mol. The van der Waals surface area contributed by atoms with Gasteiger partial charge in [-0.2, -0.15) is 5.10 Å². The Labute approximate surface area is 149 Å². The minimum atomic E-state index is -0.362. The number of ether oxygens (including phenoxy) is 2. The van der Waals surface area contributed by atoms with Gasteiger partial charge in [0.25, 0.3) is 5.56 Å². The molecular weight excluding hydrogens is 334 g/mol. The van der Waals surface area contributed by atoms with Gasteiger partial charge >= 0.3 is 0 Å². The van der Waals surface area contributed by atoms with E-state index in [9.17, 15) is 4.79 Å². The standard InChI is InChI=1S/C18H17N5O3/c1-25-15-8-7-14(10-19-22-18-21-17(24)11-20-23-18)9-16(15)26-12-13-5-3-2-4-6-13/h2-11H,12H2,1H3,(H2,21,22,23,24)/b19-10+. The summed E-state index contributed by atoms with van der Waals surface area (Å²) in [6.45, 7) is 0.427. The Hall–Kier alpha value is -3.68. The van der Waals surface area contributed by atoms with Crippen LogP contribution in [0, 0.1) is 0 Å². The average Bonchev–Trinajstić information content (AvgIpc) is 2.67. The number of benzene rings is 2. The summed E-state index contributed by atoms with van der Waals surface area (Å²) < 4.78 is 11.2. The molecule has 0 saturated heterocycles. The van der Waals surface area contributed by atoms with Crippen LogP contribution in [0.4, 0.5) is 5.95 Å². The molecule has 8 heteroatoms. The highest BCUT2D eigenvalue weighted by Crippen LogP contribution is 2.28. The Morgan fingerprint density at radius 3 is 2.81 bits per heavy atom. The Kier molecular flexibility index (Phi) is 5.56. The molecule has 0 aliphatic heterocycles. The van der Waals surface area contributed by atoms with Crippen LogP contribution in [0.15, 0.2) is 64.6 Å². The van der Waals surface area contributed by atoms with Crippen molar-refractivity contribution >= 4 is 12.2 Å². The normalized spacial score (nSPS) is 10.7. The SMILES string of the molecule is COc1ccc(/C=N/Nc2nncc(=O)[nH]2)cc1OCc1ccccc1. The molecule has 8 nitrogen and oxygen atoms in total. The summed E-state index contributed by atoms with van der Waals surface area (Å²) in [5.74, 6) is 1.39. The molecule has 0 amide bonds. The molecule has 2 aromatic carbocycles. The molecule has 0 radical (unpaired) electrons. The molecule has 3 aromatic rings. The highest BCUT2D eigenvalue weighted by Gasteiger charge is 2.05. The van der Waals surface area contributed by atoms with Crippen LogP contribution >= 0.6 is 0 Å². The Bertz CT molecular complexity index is 941. The summed E-state index contributed by atoms with van der Waals surface area (Å²) in [5.41, 5.74) is 4.09. The maximum Gasteiger partial charge on any atom is 0.271 e. The van der Waals surface area contributed by atoms with Gasteiger partial charge in [-0.15, -0.1) is 10.2 Å². The van der Waals surface area contributed by atoms with Gasteiger partial charge in [0, 0.05) is 0 Å². The maximum absolute atomic E-state index is 11.1. The average molecular weight is 351 g/mol. The summed E-state index contributed by atoms with van der Waals surface area (Å²) >= 11 is 0. The third-order valence-electron chi connectivity index (χ3n) is 3.38. The predicted molar refractivity (Wildman–Crippen MR) is 97.6 cm³/mol. The zero-order valence-electron chi connectivity index (χ0n) is 14.0. The maximum atomic E-state index is 11.1. The third-order valence-corrected chi connectivity index (χ3v) is 3.38. The number of anilines is 1. The molecule has 0 aliphatic rings. The molecule has 0 unspecified atom stereocenters. The van der Waals surface area contributed by atoms with E-state index >= 15 is 0 Å². The summed E-state index contributed by atoms with van der Waals surface area (Å²) in [4.78, 5) is 13.6. The van der Waals surface area contributed by atoms with Crippen molar-refractivity contribution in [3.05, 3.63) is 76.2 Å². The Balaban J connectivity index is 1.70. The van der Waals surface area contributed by atoms with Crippen molar-refractivity contribution in [3.63, 3.8) is 0 Å². The van der Waals surface area contributed by atoms with Crippen LogP contribution in [-0.2, 0) is 6.61 Å². The van der Waals surface area contributed by atoms with Crippen molar-refractivity contribution < 1.29 is 9.47 Å². The van der Waals surface area contributed by atoms with E-state index in [0.29, 0.717) is 18.1 Å². The van der Waals surface area contributed by atoms with Crippen LogP contribution in [0.2, 0.25) is 0 Å². The van der Waals surface area contributed by atoms with Crippen molar-refractivity contribution in [2.75, 3.05) is 12.5 Å². The molecule has 0 fully saturated rings. The molecule has 0 saturated carbocycles. The number of aromatic amines is 1. The van der Waals surface area contributed by atoms with Gasteiger partial charge in [-0.3, -0.25) is 9.78 Å². The fraction of sp³-hybridized carbons (Fsp3) is 0.111. The van der Waals surface area contributed by atoms with Crippen molar-refractivity contribution in [1.82, 2.24) is 15.2 Å². The van der Waals surface area contributed by atoms with Crippen LogP contribution in [0.25, 0.3) is 0 Å². The van der Waals surface area contributed by atoms with E-state index in [-0.39, 0.29) is 11.5 Å². The summed E-state index contributed by atoms with van der Waals surface area (Å²) in [6.07, 6.45) is 2.65. The minimum absolute atomic E-state index is 0.155. The van der Waals surface area contributed by atoms with Crippen LogP contribution in [0.1, 0.15) is 11.1 Å². The lowest BCUT2D eigenvalue weighted by atomic mass is 10.2. The van der Waals surface area contributed by atoms with Crippen LogP contribution in [-0.4, -0.2) is 28.5 Å². The Morgan fingerprint density at radius 2 is 2.04 bits per heavy atom. The molecule has 2 N–H and O–H groups in total. The van der Waals surface area contributed by atoms with Crippen LogP contribution < -0.4 is 20.5 Å². The zero-order valence-corrected chi connectivity index (χ0v) is 14.0. The number of hydrazone groups is 1. The molecule has 0 aliphatic carbocycles. The fourth-order valence-corrected chi connectivity index (χ4v) is 2.15. The van der Waals surface area contributed by atoms with Crippen molar-refractivity contribution in [2.45, 2.75) is 6.61 Å². The lowest BCUT2D eigenvalue weighted by Gasteiger charge is -2.11. The van der Waals surface area contributed by atoms with Crippen molar-refractivity contribution in [2.24, 2.45) is 5.10 Å². The van der Waals surface area contributed by atoms with Gasteiger partial charge in [0.15, 0.2) is 11.5 Å². The lowest BCUT2D eigenvalue weighted by Crippen LogP contribution is -2.10. The largest absolute Gasteiger partial charge is 0.493 e. The molecule has 1 heterocycles. The van der Waals surface area contributed by atoms with E-state index in [4.69, 9.17) is 9.47 Å². The van der Waals surface area contributed by atoms with Gasteiger partial charge in [0.1, 0.15) is 12.8 Å². The molecular formula is C18H17N5O3. The minimum Gasteiger partial charge on any atom is -0.493 e. The van der Waals surface area contributed by atoms with E-state index in [0.717, 1.165) is 17.3 Å². The summed E-state index contributed by atoms with van der Waals surface area (Å²) in [6, 6.07) is 15.3. The summed E-state index contributed by atoms with van der Waals surface area (Å²) in [7, 11) is 1.59. The van der Waals surface area contributed by atoms with Crippen molar-refractivity contribution in [3.8, 4) is 11.5 Å². The highest BCUT2D eigenvalue weighted by molar-refractivity contribution is 5.81. The summed E-state index contributed by atoms with van der Waals surface area (Å²) in [5, 5.41) is 11.3. The van der Waals surface area contributed by atoms with E-state index in [2.05, 4.69) is 25.7 Å². The fourth-order valence-electron chi connectivity index (χ4n) is 2.15. The molecule has 1 aromatic heterocycles. The molecule has 0 bridgehead atoms. The van der Waals surface area contributed by atoms with E-state index in [1.807, 2.05) is 42.5 Å². The second-order valence-corrected chi connectivity index (χ2v) is 5.24. The second kappa shape index (κ2) is 8.43. The van der Waals surface area contributed by atoms with Gasteiger partial charge in [-0.1, -0.05) is 30.3 Å². The van der Waals surface area contributed by atoms with Gasteiger partial charge in [0.05, 0.1) is 13.3 Å². The van der Waals surface area contributed by atoms with Gasteiger partial charge in [-0.05, 0) is 29.3 Å².